The highest BCUT2D eigenvalue weighted by Crippen LogP contribution is 2.17. The van der Waals surface area contributed by atoms with Crippen molar-refractivity contribution in [2.75, 3.05) is 6.54 Å². The Morgan fingerprint density at radius 3 is 2.38 bits per heavy atom. The average Bonchev–Trinajstić information content (AvgIpc) is 2.45. The van der Waals surface area contributed by atoms with Crippen LogP contribution >= 0.6 is 0 Å². The fourth-order valence-corrected chi connectivity index (χ4v) is 1.05. The Labute approximate surface area is 50.4 Å². The summed E-state index contributed by atoms with van der Waals surface area (Å²) in [5.74, 6) is 0.657. The molecular weight excluding hydrogens is 100 g/mol. The molecule has 1 heterocycles. The SMILES string of the molecule is CC(CN)C1NC1C. The maximum absolute atomic E-state index is 5.44. The van der Waals surface area contributed by atoms with Gasteiger partial charge in [-0.3, -0.25) is 0 Å². The Hall–Kier alpha value is -0.0800. The second-order valence-corrected chi connectivity index (χ2v) is 2.69. The third-order valence-corrected chi connectivity index (χ3v) is 1.87. The Bertz CT molecular complexity index is 80.6. The molecule has 0 bridgehead atoms. The van der Waals surface area contributed by atoms with Crippen molar-refractivity contribution in [3.05, 3.63) is 0 Å². The van der Waals surface area contributed by atoms with Crippen LogP contribution < -0.4 is 11.1 Å². The maximum atomic E-state index is 5.44. The highest BCUT2D eigenvalue weighted by Gasteiger charge is 2.35. The van der Waals surface area contributed by atoms with Crippen LogP contribution in [0.2, 0.25) is 0 Å². The fourth-order valence-electron chi connectivity index (χ4n) is 1.05. The molecule has 0 radical (unpaired) electrons. The van der Waals surface area contributed by atoms with Gasteiger partial charge in [-0.05, 0) is 19.4 Å². The molecule has 0 aromatic carbocycles. The molecule has 3 N–H and O–H groups in total. The molecule has 0 amide bonds. The molecule has 48 valence electrons. The minimum Gasteiger partial charge on any atom is -0.330 e. The summed E-state index contributed by atoms with van der Waals surface area (Å²) in [5.41, 5.74) is 5.44. The first kappa shape index (κ1) is 6.05. The van der Waals surface area contributed by atoms with Crippen molar-refractivity contribution < 1.29 is 0 Å². The van der Waals surface area contributed by atoms with Crippen LogP contribution in [-0.2, 0) is 0 Å². The average molecular weight is 114 g/mol. The van der Waals surface area contributed by atoms with Gasteiger partial charge >= 0.3 is 0 Å². The number of nitrogens with two attached hydrogens (primary N) is 1. The van der Waals surface area contributed by atoms with Gasteiger partial charge in [-0.25, -0.2) is 0 Å². The van der Waals surface area contributed by atoms with Crippen LogP contribution in [0, 0.1) is 5.92 Å². The molecule has 0 saturated carbocycles. The molecule has 2 nitrogen and oxygen atoms in total. The Morgan fingerprint density at radius 1 is 1.75 bits per heavy atom. The third kappa shape index (κ3) is 1.01. The van der Waals surface area contributed by atoms with Gasteiger partial charge in [-0.15, -0.1) is 0 Å². The number of rotatable bonds is 2. The van der Waals surface area contributed by atoms with E-state index in [1.807, 2.05) is 0 Å². The summed E-state index contributed by atoms with van der Waals surface area (Å²) in [6.45, 7) is 5.18. The van der Waals surface area contributed by atoms with Gasteiger partial charge in [0.1, 0.15) is 0 Å². The van der Waals surface area contributed by atoms with Crippen LogP contribution in [-0.4, -0.2) is 18.6 Å². The summed E-state index contributed by atoms with van der Waals surface area (Å²) >= 11 is 0. The van der Waals surface area contributed by atoms with E-state index in [0.29, 0.717) is 18.0 Å². The van der Waals surface area contributed by atoms with Crippen molar-refractivity contribution in [2.24, 2.45) is 11.7 Å². The second kappa shape index (κ2) is 2.03. The standard InChI is InChI=1S/C6H14N2/c1-4(3-7)6-5(2)8-6/h4-6,8H,3,7H2,1-2H3. The number of nitrogens with one attached hydrogen (secondary N) is 1. The summed E-state index contributed by atoms with van der Waals surface area (Å²) in [6.07, 6.45) is 0. The lowest BCUT2D eigenvalue weighted by Gasteiger charge is -2.01. The van der Waals surface area contributed by atoms with E-state index in [1.54, 1.807) is 0 Å². The van der Waals surface area contributed by atoms with Gasteiger partial charge in [0.15, 0.2) is 0 Å². The van der Waals surface area contributed by atoms with E-state index in [1.165, 1.54) is 0 Å². The van der Waals surface area contributed by atoms with Gasteiger partial charge in [0.05, 0.1) is 0 Å². The Balaban J connectivity index is 2.18. The van der Waals surface area contributed by atoms with Crippen molar-refractivity contribution in [1.82, 2.24) is 5.32 Å². The molecule has 1 saturated heterocycles. The first-order valence-corrected chi connectivity index (χ1v) is 3.22. The van der Waals surface area contributed by atoms with Gasteiger partial charge in [-0.1, -0.05) is 6.92 Å². The molecule has 3 atom stereocenters. The van der Waals surface area contributed by atoms with Gasteiger partial charge in [0, 0.05) is 12.1 Å². The van der Waals surface area contributed by atoms with Crippen molar-refractivity contribution in [1.29, 1.82) is 0 Å². The lowest BCUT2D eigenvalue weighted by Crippen LogP contribution is -2.18. The molecule has 0 aromatic heterocycles. The van der Waals surface area contributed by atoms with Crippen LogP contribution in [0.4, 0.5) is 0 Å². The minimum absolute atomic E-state index is 0.657. The normalized spacial score (nSPS) is 39.4. The van der Waals surface area contributed by atoms with E-state index in [2.05, 4.69) is 19.2 Å². The van der Waals surface area contributed by atoms with Gasteiger partial charge in [0.2, 0.25) is 0 Å². The van der Waals surface area contributed by atoms with Crippen LogP contribution in [0.1, 0.15) is 13.8 Å². The first-order valence-electron chi connectivity index (χ1n) is 3.22. The van der Waals surface area contributed by atoms with Crippen LogP contribution in [0.15, 0.2) is 0 Å². The van der Waals surface area contributed by atoms with Crippen LogP contribution in [0.3, 0.4) is 0 Å². The van der Waals surface area contributed by atoms with Gasteiger partial charge in [0.25, 0.3) is 0 Å². The summed E-state index contributed by atoms with van der Waals surface area (Å²) < 4.78 is 0. The first-order chi connectivity index (χ1) is 3.75. The monoisotopic (exact) mass is 114 g/mol. The lowest BCUT2D eigenvalue weighted by atomic mass is 10.1. The maximum Gasteiger partial charge on any atom is 0.0259 e. The minimum atomic E-state index is 0.657. The van der Waals surface area contributed by atoms with Crippen molar-refractivity contribution in [2.45, 2.75) is 25.9 Å². The molecule has 8 heavy (non-hydrogen) atoms. The number of hydrogen-bond acceptors (Lipinski definition) is 2. The quantitative estimate of drug-likeness (QED) is 0.494. The lowest BCUT2D eigenvalue weighted by molar-refractivity contribution is 0.572. The van der Waals surface area contributed by atoms with Gasteiger partial charge in [-0.2, -0.15) is 0 Å². The molecular formula is C6H14N2. The molecule has 0 aromatic rings. The summed E-state index contributed by atoms with van der Waals surface area (Å²) in [6, 6.07) is 1.42. The second-order valence-electron chi connectivity index (χ2n) is 2.69. The Morgan fingerprint density at radius 2 is 2.25 bits per heavy atom. The molecule has 1 fully saturated rings. The highest BCUT2D eigenvalue weighted by atomic mass is 15.1. The van der Waals surface area contributed by atoms with E-state index in [4.69, 9.17) is 5.73 Å². The molecule has 2 heteroatoms. The Kier molecular flexibility index (Phi) is 1.54. The van der Waals surface area contributed by atoms with Crippen molar-refractivity contribution >= 4 is 0 Å². The van der Waals surface area contributed by atoms with E-state index >= 15 is 0 Å². The topological polar surface area (TPSA) is 48.0 Å². The van der Waals surface area contributed by atoms with E-state index in [0.717, 1.165) is 6.54 Å². The zero-order chi connectivity index (χ0) is 6.15. The van der Waals surface area contributed by atoms with Crippen molar-refractivity contribution in [3.63, 3.8) is 0 Å². The summed E-state index contributed by atoms with van der Waals surface area (Å²) in [4.78, 5) is 0. The third-order valence-electron chi connectivity index (χ3n) is 1.87. The highest BCUT2D eigenvalue weighted by molar-refractivity contribution is 4.97. The van der Waals surface area contributed by atoms with Crippen LogP contribution in [0.25, 0.3) is 0 Å². The molecule has 3 unspecified atom stereocenters. The van der Waals surface area contributed by atoms with E-state index in [9.17, 15) is 0 Å². The summed E-state index contributed by atoms with van der Waals surface area (Å²) in [7, 11) is 0. The zero-order valence-electron chi connectivity index (χ0n) is 5.52. The molecule has 1 aliphatic heterocycles. The predicted molar refractivity (Wildman–Crippen MR) is 34.6 cm³/mol. The van der Waals surface area contributed by atoms with Gasteiger partial charge < -0.3 is 11.1 Å². The molecule has 1 rings (SSSR count). The number of hydrogen-bond donors (Lipinski definition) is 2. The molecule has 0 aliphatic carbocycles. The molecule has 0 spiro atoms. The predicted octanol–water partition coefficient (Wildman–Crippen LogP) is -0.0585. The van der Waals surface area contributed by atoms with Crippen molar-refractivity contribution in [3.8, 4) is 0 Å². The largest absolute Gasteiger partial charge is 0.330 e. The smallest absolute Gasteiger partial charge is 0.0259 e. The zero-order valence-corrected chi connectivity index (χ0v) is 5.52. The summed E-state index contributed by atoms with van der Waals surface area (Å²) in [5, 5.41) is 3.30. The van der Waals surface area contributed by atoms with Crippen LogP contribution in [0.5, 0.6) is 0 Å². The fraction of sp³-hybridized carbons (Fsp3) is 1.00. The van der Waals surface area contributed by atoms with E-state index in [-0.39, 0.29) is 0 Å². The van der Waals surface area contributed by atoms with E-state index < -0.39 is 0 Å². The molecule has 1 aliphatic rings.